The fourth-order valence-electron chi connectivity index (χ4n) is 3.86. The molecule has 8 heteroatoms. The Kier molecular flexibility index (Phi) is 7.26. The first-order chi connectivity index (χ1) is 15.7. The number of nitrogens with one attached hydrogen (secondary N) is 1. The van der Waals surface area contributed by atoms with Gasteiger partial charge in [0, 0.05) is 12.3 Å². The second-order valence-corrected chi connectivity index (χ2v) is 7.66. The number of hydrogen-bond donors (Lipinski definition) is 1. The first-order valence-electron chi connectivity index (χ1n) is 10.5. The Hall–Kier alpha value is -3.07. The van der Waals surface area contributed by atoms with Crippen LogP contribution in [0.3, 0.4) is 0 Å². The zero-order valence-electron chi connectivity index (χ0n) is 17.4. The van der Waals surface area contributed by atoms with Crippen molar-refractivity contribution in [2.75, 3.05) is 13.3 Å². The Balaban J connectivity index is 1.52. The van der Waals surface area contributed by atoms with Crippen LogP contribution in [0.4, 0.5) is 4.39 Å². The van der Waals surface area contributed by atoms with Gasteiger partial charge >= 0.3 is 5.69 Å². The second kappa shape index (κ2) is 10.5. The van der Waals surface area contributed by atoms with E-state index in [2.05, 4.69) is 4.98 Å². The molecule has 0 bridgehead atoms. The minimum atomic E-state index is -0.921. The molecule has 168 valence electrons. The summed E-state index contributed by atoms with van der Waals surface area (Å²) in [6, 6.07) is 20.4. The quantitative estimate of drug-likeness (QED) is 0.553. The molecule has 0 saturated carbocycles. The summed E-state index contributed by atoms with van der Waals surface area (Å²) in [5.41, 5.74) is 0.760. The van der Waals surface area contributed by atoms with Gasteiger partial charge < -0.3 is 14.2 Å². The van der Waals surface area contributed by atoms with Gasteiger partial charge in [0.25, 0.3) is 5.56 Å². The van der Waals surface area contributed by atoms with Crippen molar-refractivity contribution < 1.29 is 18.6 Å². The molecule has 1 N–H and O–H groups in total. The molecule has 0 amide bonds. The van der Waals surface area contributed by atoms with Crippen molar-refractivity contribution in [1.82, 2.24) is 9.55 Å². The predicted molar refractivity (Wildman–Crippen MR) is 116 cm³/mol. The van der Waals surface area contributed by atoms with E-state index in [1.54, 1.807) is 0 Å². The molecule has 4 atom stereocenters. The highest BCUT2D eigenvalue weighted by Gasteiger charge is 2.46. The molecule has 0 radical (unpaired) electrons. The van der Waals surface area contributed by atoms with Crippen molar-refractivity contribution in [2.45, 2.75) is 31.6 Å². The Morgan fingerprint density at radius 1 is 0.938 bits per heavy atom. The third-order valence-electron chi connectivity index (χ3n) is 5.45. The van der Waals surface area contributed by atoms with E-state index in [-0.39, 0.29) is 13.2 Å². The van der Waals surface area contributed by atoms with Gasteiger partial charge in [-0.15, -0.1) is 0 Å². The molecule has 2 aromatic carbocycles. The standard InChI is InChI=1S/C24H25FN2O5/c25-13-19-22(31-15-18-9-5-2-6-10-18)20(16-30-14-17-7-3-1-4-8-17)32-23(19)27-12-11-21(28)26-24(27)29/h1-12,19-20,22-23H,13-16H2,(H,26,28,29)/t19-,20+,22-,23+/m0/s1. The van der Waals surface area contributed by atoms with Gasteiger partial charge in [-0.05, 0) is 11.1 Å². The molecular weight excluding hydrogens is 415 g/mol. The van der Waals surface area contributed by atoms with E-state index >= 15 is 0 Å². The third-order valence-corrected chi connectivity index (χ3v) is 5.45. The van der Waals surface area contributed by atoms with Gasteiger partial charge in [0.15, 0.2) is 0 Å². The Bertz CT molecular complexity index is 1100. The lowest BCUT2D eigenvalue weighted by Gasteiger charge is -2.23. The van der Waals surface area contributed by atoms with Crippen molar-refractivity contribution in [2.24, 2.45) is 5.92 Å². The van der Waals surface area contributed by atoms with E-state index in [1.807, 2.05) is 60.7 Å². The maximum atomic E-state index is 14.2. The van der Waals surface area contributed by atoms with Crippen molar-refractivity contribution >= 4 is 0 Å². The molecule has 3 aromatic rings. The van der Waals surface area contributed by atoms with Crippen LogP contribution in [0.25, 0.3) is 0 Å². The fraction of sp³-hybridized carbons (Fsp3) is 0.333. The van der Waals surface area contributed by atoms with Crippen LogP contribution in [-0.4, -0.2) is 35.0 Å². The van der Waals surface area contributed by atoms with Crippen molar-refractivity contribution in [1.29, 1.82) is 0 Å². The highest BCUT2D eigenvalue weighted by atomic mass is 19.1. The molecular formula is C24H25FN2O5. The summed E-state index contributed by atoms with van der Waals surface area (Å²) in [5, 5.41) is 0. The molecule has 0 spiro atoms. The topological polar surface area (TPSA) is 82.5 Å². The van der Waals surface area contributed by atoms with Crippen LogP contribution in [0.15, 0.2) is 82.5 Å². The van der Waals surface area contributed by atoms with Crippen LogP contribution in [-0.2, 0) is 27.4 Å². The zero-order valence-corrected chi connectivity index (χ0v) is 17.4. The number of halogens is 1. The van der Waals surface area contributed by atoms with Gasteiger partial charge in [-0.1, -0.05) is 60.7 Å². The van der Waals surface area contributed by atoms with E-state index < -0.39 is 42.3 Å². The van der Waals surface area contributed by atoms with E-state index in [9.17, 15) is 14.0 Å². The van der Waals surface area contributed by atoms with Crippen LogP contribution < -0.4 is 11.2 Å². The van der Waals surface area contributed by atoms with E-state index in [0.717, 1.165) is 11.1 Å². The molecule has 1 aliphatic heterocycles. The molecule has 1 aromatic heterocycles. The highest BCUT2D eigenvalue weighted by molar-refractivity contribution is 5.14. The lowest BCUT2D eigenvalue weighted by Crippen LogP contribution is -2.36. The number of alkyl halides is 1. The second-order valence-electron chi connectivity index (χ2n) is 7.66. The molecule has 1 saturated heterocycles. The summed E-state index contributed by atoms with van der Waals surface area (Å²) in [6.45, 7) is 0.0494. The van der Waals surface area contributed by atoms with Gasteiger partial charge in [-0.2, -0.15) is 0 Å². The van der Waals surface area contributed by atoms with E-state index in [4.69, 9.17) is 14.2 Å². The smallest absolute Gasteiger partial charge is 0.330 e. The average molecular weight is 440 g/mol. The lowest BCUT2D eigenvalue weighted by atomic mass is 10.0. The van der Waals surface area contributed by atoms with Crippen molar-refractivity contribution in [3.05, 3.63) is 105 Å². The molecule has 0 unspecified atom stereocenters. The number of aromatic amines is 1. The first-order valence-corrected chi connectivity index (χ1v) is 10.5. The van der Waals surface area contributed by atoms with Crippen LogP contribution in [0.5, 0.6) is 0 Å². The molecule has 2 heterocycles. The number of H-pyrrole nitrogens is 1. The molecule has 7 nitrogen and oxygen atoms in total. The fourth-order valence-corrected chi connectivity index (χ4v) is 3.86. The number of benzene rings is 2. The molecule has 1 aliphatic rings. The minimum absolute atomic E-state index is 0.166. The normalized spacial score (nSPS) is 22.8. The minimum Gasteiger partial charge on any atom is -0.374 e. The van der Waals surface area contributed by atoms with Crippen molar-refractivity contribution in [3.63, 3.8) is 0 Å². The molecule has 32 heavy (non-hydrogen) atoms. The SMILES string of the molecule is O=c1ccn([C@@H]2O[C@H](COCc3ccccc3)[C@@H](OCc3ccccc3)[C@@H]2CF)c(=O)[nH]1. The van der Waals surface area contributed by atoms with Gasteiger partial charge in [0.05, 0.1) is 38.5 Å². The molecule has 4 rings (SSSR count). The maximum absolute atomic E-state index is 14.2. The van der Waals surface area contributed by atoms with Gasteiger partial charge in [-0.3, -0.25) is 18.7 Å². The monoisotopic (exact) mass is 440 g/mol. The van der Waals surface area contributed by atoms with Crippen LogP contribution in [0.1, 0.15) is 17.4 Å². The third kappa shape index (κ3) is 5.21. The summed E-state index contributed by atoms with van der Waals surface area (Å²) >= 11 is 0. The maximum Gasteiger partial charge on any atom is 0.330 e. The van der Waals surface area contributed by atoms with Crippen LogP contribution in [0.2, 0.25) is 0 Å². The van der Waals surface area contributed by atoms with Crippen molar-refractivity contribution in [3.8, 4) is 0 Å². The summed E-state index contributed by atoms with van der Waals surface area (Å²) in [7, 11) is 0. The Morgan fingerprint density at radius 2 is 1.59 bits per heavy atom. The molecule has 1 fully saturated rings. The number of nitrogens with zero attached hydrogens (tertiary/aromatic N) is 1. The average Bonchev–Trinajstić information content (AvgIpc) is 3.16. The van der Waals surface area contributed by atoms with Crippen LogP contribution >= 0.6 is 0 Å². The Morgan fingerprint density at radius 3 is 2.22 bits per heavy atom. The summed E-state index contributed by atoms with van der Waals surface area (Å²) in [6.07, 6.45) is -0.835. The highest BCUT2D eigenvalue weighted by Crippen LogP contribution is 2.37. The number of rotatable bonds is 9. The zero-order chi connectivity index (χ0) is 22.3. The Labute approximate surface area is 184 Å². The largest absolute Gasteiger partial charge is 0.374 e. The first kappa shape index (κ1) is 22.1. The van der Waals surface area contributed by atoms with Gasteiger partial charge in [-0.25, -0.2) is 4.79 Å². The van der Waals surface area contributed by atoms with Gasteiger partial charge in [0.1, 0.15) is 12.3 Å². The van der Waals surface area contributed by atoms with E-state index in [1.165, 1.54) is 16.8 Å². The van der Waals surface area contributed by atoms with Crippen LogP contribution in [0, 0.1) is 5.92 Å². The van der Waals surface area contributed by atoms with E-state index in [0.29, 0.717) is 6.61 Å². The predicted octanol–water partition coefficient (Wildman–Crippen LogP) is 2.82. The number of aromatic nitrogens is 2. The molecule has 0 aliphatic carbocycles. The summed E-state index contributed by atoms with van der Waals surface area (Å²) in [4.78, 5) is 25.9. The van der Waals surface area contributed by atoms with Gasteiger partial charge in [0.2, 0.25) is 0 Å². The summed E-state index contributed by atoms with van der Waals surface area (Å²) < 4.78 is 33.4. The lowest BCUT2D eigenvalue weighted by molar-refractivity contribution is -0.0832. The summed E-state index contributed by atoms with van der Waals surface area (Å²) in [5.74, 6) is -0.743. The number of ether oxygens (including phenoxy) is 3. The number of hydrogen-bond acceptors (Lipinski definition) is 5.